The van der Waals surface area contributed by atoms with E-state index in [4.69, 9.17) is 0 Å². The maximum absolute atomic E-state index is 12.4. The van der Waals surface area contributed by atoms with Crippen molar-refractivity contribution in [3.8, 4) is 0 Å². The van der Waals surface area contributed by atoms with Gasteiger partial charge in [-0.25, -0.2) is 0 Å². The molecule has 10 heavy (non-hydrogen) atoms. The van der Waals surface area contributed by atoms with E-state index in [-0.39, 0.29) is 0 Å². The van der Waals surface area contributed by atoms with Crippen LogP contribution in [0.3, 0.4) is 0 Å². The van der Waals surface area contributed by atoms with E-state index >= 15 is 0 Å². The summed E-state index contributed by atoms with van der Waals surface area (Å²) in [4.78, 5) is 0. The predicted molar refractivity (Wildman–Crippen MR) is 40.2 cm³/mol. The van der Waals surface area contributed by atoms with E-state index in [0.29, 0.717) is 19.0 Å². The van der Waals surface area contributed by atoms with Crippen LogP contribution in [0.15, 0.2) is 11.6 Å². The summed E-state index contributed by atoms with van der Waals surface area (Å²) in [7, 11) is 0. The summed E-state index contributed by atoms with van der Waals surface area (Å²) in [5.74, 6) is 0.591. The molecule has 1 rings (SSSR count). The van der Waals surface area contributed by atoms with E-state index in [2.05, 4.69) is 13.8 Å². The highest BCUT2D eigenvalue weighted by atomic mass is 19.2. The van der Waals surface area contributed by atoms with Crippen LogP contribution in [0.5, 0.6) is 0 Å². The predicted octanol–water partition coefficient (Wildman–Crippen LogP) is 2.16. The van der Waals surface area contributed by atoms with Crippen LogP contribution in [0.4, 0.5) is 4.48 Å². The zero-order chi connectivity index (χ0) is 7.56. The Bertz CT molecular complexity index is 140. The van der Waals surface area contributed by atoms with Crippen molar-refractivity contribution < 1.29 is 4.48 Å². The first-order valence-corrected chi connectivity index (χ1v) is 3.80. The zero-order valence-electron chi connectivity index (χ0n) is 6.60. The Morgan fingerprint density at radius 3 is 2.70 bits per heavy atom. The van der Waals surface area contributed by atoms with Gasteiger partial charge in [-0.15, -0.1) is 9.60 Å². The van der Waals surface area contributed by atoms with E-state index in [0.717, 1.165) is 11.5 Å². The first-order valence-electron chi connectivity index (χ1n) is 3.80. The molecule has 0 aromatic carbocycles. The number of hydrogen-bond acceptors (Lipinski definition) is 1. The molecule has 1 heterocycles. The molecule has 0 fully saturated rings. The number of halogens is 1. The monoisotopic (exact) mass is 143 g/mol. The minimum Gasteiger partial charge on any atom is -0.142 e. The molecule has 1 aliphatic rings. The van der Waals surface area contributed by atoms with Gasteiger partial charge in [0.2, 0.25) is 0 Å². The molecule has 1 aliphatic heterocycles. The Balaban J connectivity index is 2.48. The van der Waals surface area contributed by atoms with Crippen LogP contribution in [0, 0.1) is 5.92 Å². The Hall–Kier alpha value is -0.370. The molecule has 0 aromatic rings. The van der Waals surface area contributed by atoms with Gasteiger partial charge in [-0.2, -0.15) is 0 Å². The molecule has 0 bridgehead atoms. The smallest absolute Gasteiger partial charge is 0.0474 e. The molecule has 0 unspecified atom stereocenters. The van der Waals surface area contributed by atoms with Gasteiger partial charge in [0.15, 0.2) is 0 Å². The van der Waals surface area contributed by atoms with E-state index in [9.17, 15) is 4.48 Å². The Morgan fingerprint density at radius 1 is 1.60 bits per heavy atom. The van der Waals surface area contributed by atoms with Crippen LogP contribution >= 0.6 is 0 Å². The van der Waals surface area contributed by atoms with Gasteiger partial charge < -0.3 is 0 Å². The highest BCUT2D eigenvalue weighted by Crippen LogP contribution is 2.18. The van der Waals surface area contributed by atoms with Crippen molar-refractivity contribution in [2.45, 2.75) is 20.3 Å². The normalized spacial score (nSPS) is 21.4. The first-order chi connectivity index (χ1) is 4.70. The van der Waals surface area contributed by atoms with Crippen molar-refractivity contribution in [3.63, 3.8) is 0 Å². The fourth-order valence-electron chi connectivity index (χ4n) is 1.18. The Morgan fingerprint density at radius 2 is 2.30 bits per heavy atom. The van der Waals surface area contributed by atoms with Crippen molar-refractivity contribution in [1.82, 2.24) is 5.12 Å². The van der Waals surface area contributed by atoms with Crippen LogP contribution in [-0.2, 0) is 0 Å². The van der Waals surface area contributed by atoms with Gasteiger partial charge in [0.25, 0.3) is 0 Å². The molecule has 0 saturated heterocycles. The molecule has 0 spiro atoms. The van der Waals surface area contributed by atoms with Crippen molar-refractivity contribution in [1.29, 1.82) is 0 Å². The first kappa shape index (κ1) is 7.73. The molecule has 0 aliphatic carbocycles. The quantitative estimate of drug-likeness (QED) is 0.401. The third-order valence-corrected chi connectivity index (χ3v) is 1.94. The van der Waals surface area contributed by atoms with E-state index in [1.165, 1.54) is 5.57 Å². The molecule has 58 valence electrons. The highest BCUT2D eigenvalue weighted by Gasteiger charge is 2.11. The second kappa shape index (κ2) is 3.15. The summed E-state index contributed by atoms with van der Waals surface area (Å²) < 4.78 is 12.4. The number of nitrogens with zero attached hydrogens (tertiary/aromatic N) is 1. The third-order valence-electron chi connectivity index (χ3n) is 1.94. The Kier molecular flexibility index (Phi) is 2.44. The Labute approximate surface area is 61.5 Å². The molecule has 0 N–H and O–H groups in total. The largest absolute Gasteiger partial charge is 0.142 e. The van der Waals surface area contributed by atoms with Gasteiger partial charge in [-0.1, -0.05) is 25.5 Å². The van der Waals surface area contributed by atoms with Crippen molar-refractivity contribution >= 4 is 0 Å². The van der Waals surface area contributed by atoms with Crippen molar-refractivity contribution in [3.05, 3.63) is 11.6 Å². The molecule has 0 aromatic heterocycles. The molecule has 1 nitrogen and oxygen atoms in total. The minimum atomic E-state index is 0.480. The average Bonchev–Trinajstić information content (AvgIpc) is 1.88. The summed E-state index contributed by atoms with van der Waals surface area (Å²) in [6.45, 7) is 5.36. The van der Waals surface area contributed by atoms with Gasteiger partial charge in [-0.3, -0.25) is 0 Å². The second-order valence-corrected chi connectivity index (χ2v) is 3.05. The van der Waals surface area contributed by atoms with Crippen LogP contribution < -0.4 is 0 Å². The number of rotatable bonds is 1. The van der Waals surface area contributed by atoms with E-state index < -0.39 is 0 Å². The summed E-state index contributed by atoms with van der Waals surface area (Å²) in [6, 6.07) is 0. The lowest BCUT2D eigenvalue weighted by Gasteiger charge is -2.20. The maximum Gasteiger partial charge on any atom is 0.0474 e. The fraction of sp³-hybridized carbons (Fsp3) is 0.750. The van der Waals surface area contributed by atoms with Crippen molar-refractivity contribution in [2.24, 2.45) is 5.92 Å². The van der Waals surface area contributed by atoms with Gasteiger partial charge in [0, 0.05) is 13.1 Å². The zero-order valence-corrected chi connectivity index (χ0v) is 6.60. The van der Waals surface area contributed by atoms with Gasteiger partial charge in [-0.05, 0) is 12.3 Å². The topological polar surface area (TPSA) is 3.24 Å². The second-order valence-electron chi connectivity index (χ2n) is 3.05. The third kappa shape index (κ3) is 1.81. The summed E-state index contributed by atoms with van der Waals surface area (Å²) in [5, 5.41) is 0.853. The summed E-state index contributed by atoms with van der Waals surface area (Å²) in [6.07, 6.45) is 2.89. The minimum absolute atomic E-state index is 0.480. The molecule has 2 heteroatoms. The van der Waals surface area contributed by atoms with Gasteiger partial charge in [0.1, 0.15) is 0 Å². The summed E-state index contributed by atoms with van der Waals surface area (Å²) in [5.41, 5.74) is 1.40. The SMILES string of the molecule is CC(C)C1=CCN(F)CC1. The molecular weight excluding hydrogens is 129 g/mol. The van der Waals surface area contributed by atoms with Crippen LogP contribution in [0.25, 0.3) is 0 Å². The van der Waals surface area contributed by atoms with Crippen LogP contribution in [-0.4, -0.2) is 18.2 Å². The van der Waals surface area contributed by atoms with E-state index in [1.54, 1.807) is 0 Å². The fourth-order valence-corrected chi connectivity index (χ4v) is 1.18. The van der Waals surface area contributed by atoms with Gasteiger partial charge >= 0.3 is 0 Å². The highest BCUT2D eigenvalue weighted by molar-refractivity contribution is 5.08. The molecule has 0 saturated carbocycles. The summed E-state index contributed by atoms with van der Waals surface area (Å²) >= 11 is 0. The lowest BCUT2D eigenvalue weighted by molar-refractivity contribution is 0.0350. The lowest BCUT2D eigenvalue weighted by Crippen LogP contribution is -2.21. The molecule has 0 amide bonds. The lowest BCUT2D eigenvalue weighted by atomic mass is 9.98. The van der Waals surface area contributed by atoms with Gasteiger partial charge in [0.05, 0.1) is 0 Å². The molecule has 0 atom stereocenters. The molecule has 0 radical (unpaired) electrons. The van der Waals surface area contributed by atoms with Crippen molar-refractivity contribution in [2.75, 3.05) is 13.1 Å². The van der Waals surface area contributed by atoms with Crippen LogP contribution in [0.1, 0.15) is 20.3 Å². The molecular formula is C8H14FN. The maximum atomic E-state index is 12.4. The average molecular weight is 143 g/mol. The van der Waals surface area contributed by atoms with E-state index in [1.807, 2.05) is 6.08 Å². The van der Waals surface area contributed by atoms with Crippen LogP contribution in [0.2, 0.25) is 0 Å². The standard InChI is InChI=1S/C8H14FN/c1-7(2)8-3-5-10(9)6-4-8/h3,7H,4-6H2,1-2H3. The number of hydrogen-bond donors (Lipinski definition) is 0.